The van der Waals surface area contributed by atoms with E-state index in [2.05, 4.69) is 10.6 Å². The van der Waals surface area contributed by atoms with Gasteiger partial charge in [0.05, 0.1) is 23.7 Å². The molecule has 0 fully saturated rings. The molecule has 0 spiro atoms. The number of sulfonamides is 1. The van der Waals surface area contributed by atoms with Gasteiger partial charge in [-0.3, -0.25) is 14.4 Å². The monoisotopic (exact) mass is 617 g/mol. The largest absolute Gasteiger partial charge is 0.486 e. The van der Waals surface area contributed by atoms with Crippen LogP contribution in [0.5, 0.6) is 5.75 Å². The van der Waals surface area contributed by atoms with Crippen LogP contribution < -0.4 is 19.7 Å². The Labute approximate surface area is 254 Å². The van der Waals surface area contributed by atoms with E-state index in [9.17, 15) is 22.8 Å². The molecule has 0 unspecified atom stereocenters. The van der Waals surface area contributed by atoms with E-state index < -0.39 is 44.9 Å². The van der Waals surface area contributed by atoms with E-state index in [-0.39, 0.29) is 41.6 Å². The van der Waals surface area contributed by atoms with Crippen molar-refractivity contribution in [2.24, 2.45) is 5.41 Å². The number of benzene rings is 2. The Morgan fingerprint density at radius 2 is 1.49 bits per heavy atom. The second-order valence-electron chi connectivity index (χ2n) is 13.3. The minimum absolute atomic E-state index is 0.0880. The molecule has 0 saturated heterocycles. The molecule has 236 valence electrons. The summed E-state index contributed by atoms with van der Waals surface area (Å²) >= 11 is 0. The minimum Gasteiger partial charge on any atom is -0.486 e. The number of ketones is 1. The van der Waals surface area contributed by atoms with E-state index in [1.54, 1.807) is 79.7 Å². The number of amides is 2. The molecule has 12 heteroatoms. The highest BCUT2D eigenvalue weighted by atomic mass is 32.2. The SMILES string of the molecule is Cc1ccc(S(=O)(=O)N2C[C@H](CC(C)(C)C(=O)CNC(=O)OC(C)(C)C)Oc3ccc(NC(=O)OC(C)(C)C)cc32)cc1. The maximum Gasteiger partial charge on any atom is 0.412 e. The van der Waals surface area contributed by atoms with Crippen LogP contribution in [0.1, 0.15) is 67.4 Å². The first-order valence-corrected chi connectivity index (χ1v) is 15.5. The van der Waals surface area contributed by atoms with Crippen LogP contribution in [0.25, 0.3) is 0 Å². The number of anilines is 2. The van der Waals surface area contributed by atoms with Crippen molar-refractivity contribution in [2.75, 3.05) is 22.7 Å². The fourth-order valence-electron chi connectivity index (χ4n) is 4.37. The van der Waals surface area contributed by atoms with Gasteiger partial charge in [-0.25, -0.2) is 18.0 Å². The van der Waals surface area contributed by atoms with Gasteiger partial charge in [0.25, 0.3) is 10.0 Å². The van der Waals surface area contributed by atoms with Gasteiger partial charge >= 0.3 is 12.2 Å². The number of Topliss-reactive ketones (excluding diaryl/α,β-unsaturated/α-hetero) is 1. The summed E-state index contributed by atoms with van der Waals surface area (Å²) in [7, 11) is -4.06. The first kappa shape index (κ1) is 33.7. The van der Waals surface area contributed by atoms with E-state index in [4.69, 9.17) is 14.2 Å². The van der Waals surface area contributed by atoms with Gasteiger partial charge in [0.15, 0.2) is 5.78 Å². The summed E-state index contributed by atoms with van der Waals surface area (Å²) < 4.78 is 45.9. The van der Waals surface area contributed by atoms with E-state index in [0.29, 0.717) is 5.69 Å². The van der Waals surface area contributed by atoms with Gasteiger partial charge in [0, 0.05) is 11.1 Å². The smallest absolute Gasteiger partial charge is 0.412 e. The zero-order valence-corrected chi connectivity index (χ0v) is 27.2. The fourth-order valence-corrected chi connectivity index (χ4v) is 5.87. The summed E-state index contributed by atoms with van der Waals surface area (Å²) in [6, 6.07) is 11.2. The Kier molecular flexibility index (Phi) is 9.75. The van der Waals surface area contributed by atoms with Crippen molar-refractivity contribution < 1.29 is 37.0 Å². The first-order valence-electron chi connectivity index (χ1n) is 14.1. The molecule has 11 nitrogen and oxygen atoms in total. The van der Waals surface area contributed by atoms with Crippen LogP contribution in [0, 0.1) is 12.3 Å². The molecule has 0 radical (unpaired) electrons. The van der Waals surface area contributed by atoms with Crippen LogP contribution in [0.15, 0.2) is 47.4 Å². The number of ether oxygens (including phenoxy) is 3. The van der Waals surface area contributed by atoms with Gasteiger partial charge in [-0.15, -0.1) is 0 Å². The topological polar surface area (TPSA) is 140 Å². The number of rotatable bonds is 8. The molecular weight excluding hydrogens is 574 g/mol. The molecule has 43 heavy (non-hydrogen) atoms. The number of alkyl carbamates (subject to hydrolysis) is 1. The Morgan fingerprint density at radius 1 is 0.907 bits per heavy atom. The van der Waals surface area contributed by atoms with Crippen LogP contribution in [-0.2, 0) is 24.3 Å². The standard InChI is InChI=1S/C31H43N3O8S/c1-20-10-13-23(14-11-20)43(38,39)34-19-22(17-31(8,9)26(35)18-32-27(36)41-29(2,3)4)40-25-15-12-21(16-24(25)34)33-28(37)42-30(5,6)7/h10-16,22H,17-19H2,1-9H3,(H,32,36)(H,33,37)/t22-/m0/s1. The number of nitrogens with zero attached hydrogens (tertiary/aromatic N) is 1. The van der Waals surface area contributed by atoms with Crippen molar-refractivity contribution in [3.8, 4) is 5.75 Å². The number of hydrogen-bond donors (Lipinski definition) is 2. The van der Waals surface area contributed by atoms with Crippen molar-refractivity contribution >= 4 is 39.4 Å². The van der Waals surface area contributed by atoms with Crippen molar-refractivity contribution in [2.45, 2.75) is 90.9 Å². The van der Waals surface area contributed by atoms with E-state index in [1.807, 2.05) is 6.92 Å². The van der Waals surface area contributed by atoms with Gasteiger partial charge in [-0.05, 0) is 85.2 Å². The predicted octanol–water partition coefficient (Wildman–Crippen LogP) is 5.81. The second-order valence-corrected chi connectivity index (χ2v) is 15.1. The normalized spacial score (nSPS) is 15.6. The number of hydrogen-bond acceptors (Lipinski definition) is 8. The average Bonchev–Trinajstić information content (AvgIpc) is 2.84. The number of aryl methyl sites for hydroxylation is 1. The third-order valence-corrected chi connectivity index (χ3v) is 8.22. The summed E-state index contributed by atoms with van der Waals surface area (Å²) in [5.74, 6) is 0.00871. The summed E-state index contributed by atoms with van der Waals surface area (Å²) in [5.41, 5.74) is -0.940. The van der Waals surface area contributed by atoms with Gasteiger partial charge in [-0.1, -0.05) is 31.5 Å². The van der Waals surface area contributed by atoms with E-state index >= 15 is 0 Å². The second kappa shape index (κ2) is 12.4. The van der Waals surface area contributed by atoms with Crippen LogP contribution in [0.4, 0.5) is 21.0 Å². The molecule has 2 aromatic rings. The number of fused-ring (bicyclic) bond motifs is 1. The summed E-state index contributed by atoms with van der Waals surface area (Å²) in [4.78, 5) is 37.7. The zero-order valence-electron chi connectivity index (χ0n) is 26.4. The summed E-state index contributed by atoms with van der Waals surface area (Å²) in [6.45, 7) is 15.4. The molecular formula is C31H43N3O8S. The lowest BCUT2D eigenvalue weighted by Crippen LogP contribution is -2.47. The Balaban J connectivity index is 1.89. The third-order valence-electron chi connectivity index (χ3n) is 6.43. The lowest BCUT2D eigenvalue weighted by molar-refractivity contribution is -0.127. The molecule has 0 aliphatic carbocycles. The van der Waals surface area contributed by atoms with Crippen molar-refractivity contribution in [1.82, 2.24) is 5.32 Å². The highest BCUT2D eigenvalue weighted by molar-refractivity contribution is 7.92. The molecule has 3 rings (SSSR count). The van der Waals surface area contributed by atoms with Crippen LogP contribution in [-0.4, -0.2) is 56.8 Å². The molecule has 0 aromatic heterocycles. The predicted molar refractivity (Wildman–Crippen MR) is 164 cm³/mol. The quantitative estimate of drug-likeness (QED) is 0.378. The molecule has 1 heterocycles. The highest BCUT2D eigenvalue weighted by Gasteiger charge is 2.39. The lowest BCUT2D eigenvalue weighted by Gasteiger charge is -2.38. The maximum atomic E-state index is 13.9. The van der Waals surface area contributed by atoms with Gasteiger partial charge in [-0.2, -0.15) is 0 Å². The van der Waals surface area contributed by atoms with Crippen LogP contribution in [0.2, 0.25) is 0 Å². The van der Waals surface area contributed by atoms with Crippen molar-refractivity contribution in [3.63, 3.8) is 0 Å². The fraction of sp³-hybridized carbons (Fsp3) is 0.516. The van der Waals surface area contributed by atoms with E-state index in [0.717, 1.165) is 5.56 Å². The average molecular weight is 618 g/mol. The molecule has 2 N–H and O–H groups in total. The van der Waals surface area contributed by atoms with Gasteiger partial charge < -0.3 is 19.5 Å². The first-order chi connectivity index (χ1) is 19.7. The van der Waals surface area contributed by atoms with E-state index in [1.165, 1.54) is 22.5 Å². The number of carbonyl (C=O) groups is 3. The lowest BCUT2D eigenvalue weighted by atomic mass is 9.82. The number of carbonyl (C=O) groups excluding carboxylic acids is 3. The minimum atomic E-state index is -4.06. The summed E-state index contributed by atoms with van der Waals surface area (Å²) in [6.07, 6.45) is -1.92. The molecule has 1 aliphatic heterocycles. The highest BCUT2D eigenvalue weighted by Crippen LogP contribution is 2.41. The van der Waals surface area contributed by atoms with Crippen LogP contribution >= 0.6 is 0 Å². The van der Waals surface area contributed by atoms with Gasteiger partial charge in [0.2, 0.25) is 0 Å². The Bertz CT molecular complexity index is 1460. The molecule has 2 aromatic carbocycles. The molecule has 0 bridgehead atoms. The number of nitrogens with one attached hydrogen (secondary N) is 2. The maximum absolute atomic E-state index is 13.9. The Hall–Kier alpha value is -3.80. The molecule has 1 aliphatic rings. The van der Waals surface area contributed by atoms with Gasteiger partial charge in [0.1, 0.15) is 23.1 Å². The summed E-state index contributed by atoms with van der Waals surface area (Å²) in [5, 5.41) is 5.13. The van der Waals surface area contributed by atoms with Crippen molar-refractivity contribution in [1.29, 1.82) is 0 Å². The molecule has 1 atom stereocenters. The van der Waals surface area contributed by atoms with Crippen LogP contribution in [0.3, 0.4) is 0 Å². The molecule has 0 saturated carbocycles. The van der Waals surface area contributed by atoms with Crippen molar-refractivity contribution in [3.05, 3.63) is 48.0 Å². The third kappa shape index (κ3) is 9.34. The Morgan fingerprint density at radius 3 is 2.07 bits per heavy atom. The zero-order chi connectivity index (χ0) is 32.4. The molecule has 2 amide bonds.